The number of hydrogen-bond acceptors (Lipinski definition) is 6. The Morgan fingerprint density at radius 3 is 2.93 bits per heavy atom. The molecule has 30 heavy (non-hydrogen) atoms. The molecule has 1 aromatic heterocycles. The summed E-state index contributed by atoms with van der Waals surface area (Å²) in [5, 5.41) is 1.29. The molecule has 0 N–H and O–H groups in total. The Hall–Kier alpha value is -2.35. The maximum absolute atomic E-state index is 13.1. The van der Waals surface area contributed by atoms with Crippen molar-refractivity contribution in [3.8, 4) is 11.5 Å². The summed E-state index contributed by atoms with van der Waals surface area (Å²) in [4.78, 5) is 19.6. The van der Waals surface area contributed by atoms with Gasteiger partial charge in [0, 0.05) is 17.7 Å². The molecular formula is C22H23ClN2O4S. The summed E-state index contributed by atoms with van der Waals surface area (Å²) < 4.78 is 17.7. The van der Waals surface area contributed by atoms with E-state index >= 15 is 0 Å². The Kier molecular flexibility index (Phi) is 6.41. The van der Waals surface area contributed by atoms with Crippen molar-refractivity contribution in [1.82, 2.24) is 4.98 Å². The lowest BCUT2D eigenvalue weighted by atomic mass is 10.2. The molecule has 1 fully saturated rings. The van der Waals surface area contributed by atoms with Crippen molar-refractivity contribution in [2.75, 3.05) is 31.8 Å². The van der Waals surface area contributed by atoms with E-state index in [0.717, 1.165) is 35.2 Å². The molecule has 2 heterocycles. The first-order valence-corrected chi connectivity index (χ1v) is 11.0. The fourth-order valence-corrected chi connectivity index (χ4v) is 4.90. The summed E-state index contributed by atoms with van der Waals surface area (Å²) in [6, 6.07) is 11.0. The number of aromatic nitrogens is 1. The highest BCUT2D eigenvalue weighted by atomic mass is 35.5. The van der Waals surface area contributed by atoms with Crippen LogP contribution in [0.3, 0.4) is 0 Å². The highest BCUT2D eigenvalue weighted by Crippen LogP contribution is 2.34. The van der Waals surface area contributed by atoms with Crippen LogP contribution in [0.2, 0.25) is 5.02 Å². The van der Waals surface area contributed by atoms with Crippen LogP contribution in [0.1, 0.15) is 18.4 Å². The maximum atomic E-state index is 13.1. The molecule has 1 saturated heterocycles. The Morgan fingerprint density at radius 2 is 2.17 bits per heavy atom. The minimum absolute atomic E-state index is 0.00228. The van der Waals surface area contributed by atoms with Gasteiger partial charge in [0.05, 0.1) is 30.0 Å². The zero-order valence-corrected chi connectivity index (χ0v) is 18.5. The average Bonchev–Trinajstić information content (AvgIpc) is 3.40. The number of methoxy groups -OCH3 is 1. The van der Waals surface area contributed by atoms with Crippen molar-refractivity contribution in [1.29, 1.82) is 0 Å². The Morgan fingerprint density at radius 1 is 1.33 bits per heavy atom. The van der Waals surface area contributed by atoms with E-state index in [1.54, 1.807) is 24.1 Å². The number of carbonyl (C=O) groups is 1. The van der Waals surface area contributed by atoms with E-state index in [-0.39, 0.29) is 18.6 Å². The molecule has 0 aliphatic carbocycles. The molecule has 3 aromatic rings. The summed E-state index contributed by atoms with van der Waals surface area (Å²) in [6.07, 6.45) is 1.93. The van der Waals surface area contributed by atoms with Crippen LogP contribution in [0.5, 0.6) is 11.5 Å². The topological polar surface area (TPSA) is 60.9 Å². The first kappa shape index (κ1) is 20.9. The third-order valence-electron chi connectivity index (χ3n) is 4.98. The number of fused-ring (bicyclic) bond motifs is 1. The molecule has 0 radical (unpaired) electrons. The van der Waals surface area contributed by atoms with Gasteiger partial charge in [-0.1, -0.05) is 29.0 Å². The standard InChI is InChI=1S/C22H23ClN2O4S/c1-14-9-15(23)10-19-21(14)24-22(30-19)25(12-18-7-4-8-28-18)20(26)13-29-17-6-3-5-16(11-17)27-2/h3,5-6,9-11,18H,4,7-8,12-13H2,1-2H3. The quantitative estimate of drug-likeness (QED) is 0.518. The normalized spacial score (nSPS) is 16.0. The van der Waals surface area contributed by atoms with Gasteiger partial charge in [0.15, 0.2) is 11.7 Å². The molecule has 1 aliphatic rings. The van der Waals surface area contributed by atoms with Gasteiger partial charge in [0.25, 0.3) is 5.91 Å². The van der Waals surface area contributed by atoms with Crippen molar-refractivity contribution in [3.63, 3.8) is 0 Å². The molecule has 0 bridgehead atoms. The van der Waals surface area contributed by atoms with Crippen LogP contribution < -0.4 is 14.4 Å². The minimum Gasteiger partial charge on any atom is -0.497 e. The minimum atomic E-state index is -0.170. The van der Waals surface area contributed by atoms with Crippen LogP contribution in [-0.4, -0.2) is 43.9 Å². The molecule has 4 rings (SSSR count). The number of rotatable bonds is 7. The van der Waals surface area contributed by atoms with Gasteiger partial charge in [0.2, 0.25) is 0 Å². The van der Waals surface area contributed by atoms with E-state index in [1.165, 1.54) is 11.3 Å². The molecule has 1 aliphatic heterocycles. The highest BCUT2D eigenvalue weighted by Gasteiger charge is 2.27. The Labute approximate surface area is 184 Å². The number of carbonyl (C=O) groups excluding carboxylic acids is 1. The van der Waals surface area contributed by atoms with Gasteiger partial charge in [0.1, 0.15) is 11.5 Å². The predicted octanol–water partition coefficient (Wildman–Crippen LogP) is 4.86. The molecule has 8 heteroatoms. The molecule has 0 saturated carbocycles. The monoisotopic (exact) mass is 446 g/mol. The number of thiazole rings is 1. The zero-order chi connectivity index (χ0) is 21.1. The SMILES string of the molecule is COc1cccc(OCC(=O)N(CC2CCCO2)c2nc3c(C)cc(Cl)cc3s2)c1. The summed E-state index contributed by atoms with van der Waals surface area (Å²) in [5.74, 6) is 1.08. The van der Waals surface area contributed by atoms with E-state index in [1.807, 2.05) is 31.2 Å². The van der Waals surface area contributed by atoms with Gasteiger partial charge >= 0.3 is 0 Å². The van der Waals surface area contributed by atoms with Crippen molar-refractivity contribution in [3.05, 3.63) is 47.0 Å². The van der Waals surface area contributed by atoms with Gasteiger partial charge in [-0.3, -0.25) is 9.69 Å². The number of nitrogens with zero attached hydrogens (tertiary/aromatic N) is 2. The number of ether oxygens (including phenoxy) is 3. The van der Waals surface area contributed by atoms with Gasteiger partial charge < -0.3 is 14.2 Å². The predicted molar refractivity (Wildman–Crippen MR) is 119 cm³/mol. The second kappa shape index (κ2) is 9.20. The smallest absolute Gasteiger partial charge is 0.266 e. The average molecular weight is 447 g/mol. The lowest BCUT2D eigenvalue weighted by molar-refractivity contribution is -0.120. The highest BCUT2D eigenvalue weighted by molar-refractivity contribution is 7.22. The largest absolute Gasteiger partial charge is 0.497 e. The fourth-order valence-electron chi connectivity index (χ4n) is 3.45. The summed E-state index contributed by atoms with van der Waals surface area (Å²) >= 11 is 7.65. The van der Waals surface area contributed by atoms with Crippen molar-refractivity contribution in [2.45, 2.75) is 25.9 Å². The number of hydrogen-bond donors (Lipinski definition) is 0. The van der Waals surface area contributed by atoms with Gasteiger partial charge in [-0.15, -0.1) is 0 Å². The maximum Gasteiger partial charge on any atom is 0.266 e. The summed E-state index contributed by atoms with van der Waals surface area (Å²) in [6.45, 7) is 3.04. The van der Waals surface area contributed by atoms with Crippen molar-refractivity contribution in [2.24, 2.45) is 0 Å². The third kappa shape index (κ3) is 4.69. The van der Waals surface area contributed by atoms with Crippen molar-refractivity contribution >= 4 is 44.2 Å². The third-order valence-corrected chi connectivity index (χ3v) is 6.23. The summed E-state index contributed by atoms with van der Waals surface area (Å²) in [7, 11) is 1.59. The van der Waals surface area contributed by atoms with Gasteiger partial charge in [-0.05, 0) is 49.6 Å². The van der Waals surface area contributed by atoms with E-state index in [2.05, 4.69) is 0 Å². The fraction of sp³-hybridized carbons (Fsp3) is 0.364. The number of aryl methyl sites for hydroxylation is 1. The molecule has 6 nitrogen and oxygen atoms in total. The Bertz CT molecular complexity index is 1050. The molecule has 2 aromatic carbocycles. The number of anilines is 1. The molecule has 1 unspecified atom stereocenters. The van der Waals surface area contributed by atoms with Crippen LogP contribution >= 0.6 is 22.9 Å². The van der Waals surface area contributed by atoms with Crippen LogP contribution in [0, 0.1) is 6.92 Å². The zero-order valence-electron chi connectivity index (χ0n) is 16.9. The number of halogens is 1. The molecular weight excluding hydrogens is 424 g/mol. The van der Waals surface area contributed by atoms with Crippen LogP contribution in [-0.2, 0) is 9.53 Å². The first-order valence-electron chi connectivity index (χ1n) is 9.79. The summed E-state index contributed by atoms with van der Waals surface area (Å²) in [5.41, 5.74) is 1.84. The van der Waals surface area contributed by atoms with Crippen LogP contribution in [0.15, 0.2) is 36.4 Å². The van der Waals surface area contributed by atoms with Gasteiger partial charge in [-0.25, -0.2) is 4.98 Å². The van der Waals surface area contributed by atoms with E-state index in [0.29, 0.717) is 28.2 Å². The Balaban J connectivity index is 1.57. The van der Waals surface area contributed by atoms with E-state index in [9.17, 15) is 4.79 Å². The van der Waals surface area contributed by atoms with E-state index < -0.39 is 0 Å². The van der Waals surface area contributed by atoms with E-state index in [4.69, 9.17) is 30.8 Å². The number of amides is 1. The molecule has 1 atom stereocenters. The molecule has 0 spiro atoms. The van der Waals surface area contributed by atoms with Crippen LogP contribution in [0.4, 0.5) is 5.13 Å². The lowest BCUT2D eigenvalue weighted by Gasteiger charge is -2.23. The first-order chi connectivity index (χ1) is 14.5. The lowest BCUT2D eigenvalue weighted by Crippen LogP contribution is -2.40. The molecule has 158 valence electrons. The second-order valence-electron chi connectivity index (χ2n) is 7.17. The second-order valence-corrected chi connectivity index (χ2v) is 8.62. The molecule has 1 amide bonds. The van der Waals surface area contributed by atoms with Gasteiger partial charge in [-0.2, -0.15) is 0 Å². The van der Waals surface area contributed by atoms with Crippen LogP contribution in [0.25, 0.3) is 10.2 Å². The number of benzene rings is 2. The van der Waals surface area contributed by atoms with Crippen molar-refractivity contribution < 1.29 is 19.0 Å².